The van der Waals surface area contributed by atoms with E-state index in [1.165, 1.54) is 0 Å². The number of hydrogen-bond acceptors (Lipinski definition) is 3. The van der Waals surface area contributed by atoms with Crippen LogP contribution in [0.15, 0.2) is 0 Å². The predicted octanol–water partition coefficient (Wildman–Crippen LogP) is -1.30. The van der Waals surface area contributed by atoms with Crippen LogP contribution in [0.4, 0.5) is 0 Å². The molecule has 48 valence electrons. The summed E-state index contributed by atoms with van der Waals surface area (Å²) in [5.41, 5.74) is 0. The lowest BCUT2D eigenvalue weighted by atomic mass is 10.1. The highest BCUT2D eigenvalue weighted by Gasteiger charge is 2.18. The minimum atomic E-state index is -0.552. The number of aliphatic hydroxyl groups excluding tert-OH is 2. The van der Waals surface area contributed by atoms with E-state index >= 15 is 0 Å². The Morgan fingerprint density at radius 1 is 1.25 bits per heavy atom. The molecule has 1 saturated heterocycles. The van der Waals surface area contributed by atoms with Gasteiger partial charge in [0.25, 0.3) is 0 Å². The molecule has 3 nitrogen and oxygen atoms in total. The molecule has 1 aliphatic heterocycles. The molecule has 0 aliphatic carbocycles. The summed E-state index contributed by atoms with van der Waals surface area (Å²) in [5.74, 6) is 0. The van der Waals surface area contributed by atoms with E-state index in [2.05, 4.69) is 5.32 Å². The molecule has 0 aromatic rings. The van der Waals surface area contributed by atoms with Gasteiger partial charge in [-0.3, -0.25) is 0 Å². The zero-order valence-corrected chi connectivity index (χ0v) is 4.67. The molecule has 0 spiro atoms. The summed E-state index contributed by atoms with van der Waals surface area (Å²) in [4.78, 5) is 0. The molecule has 0 amide bonds. The molecule has 1 heterocycles. The van der Waals surface area contributed by atoms with Crippen molar-refractivity contribution in [2.24, 2.45) is 0 Å². The lowest BCUT2D eigenvalue weighted by Crippen LogP contribution is -2.43. The Morgan fingerprint density at radius 2 is 2.00 bits per heavy atom. The summed E-state index contributed by atoms with van der Waals surface area (Å²) >= 11 is 0. The van der Waals surface area contributed by atoms with Crippen molar-refractivity contribution >= 4 is 0 Å². The van der Waals surface area contributed by atoms with E-state index in [-0.39, 0.29) is 0 Å². The second-order valence-electron chi connectivity index (χ2n) is 2.13. The summed E-state index contributed by atoms with van der Waals surface area (Å²) in [6.45, 7) is 1.35. The fourth-order valence-electron chi connectivity index (χ4n) is 0.828. The second kappa shape index (κ2) is 2.44. The third kappa shape index (κ3) is 1.18. The van der Waals surface area contributed by atoms with E-state index in [1.54, 1.807) is 0 Å². The van der Waals surface area contributed by atoms with Gasteiger partial charge in [-0.05, 0) is 13.0 Å². The van der Waals surface area contributed by atoms with Crippen LogP contribution in [-0.2, 0) is 0 Å². The summed E-state index contributed by atoms with van der Waals surface area (Å²) in [6, 6.07) is 0. The van der Waals surface area contributed by atoms with Crippen molar-refractivity contribution in [1.29, 1.82) is 0 Å². The van der Waals surface area contributed by atoms with Crippen LogP contribution in [-0.4, -0.2) is 35.5 Å². The summed E-state index contributed by atoms with van der Waals surface area (Å²) in [5, 5.41) is 20.7. The largest absolute Gasteiger partial charge is 0.390 e. The van der Waals surface area contributed by atoms with Crippen LogP contribution in [0.1, 0.15) is 6.42 Å². The molecule has 3 N–H and O–H groups in total. The van der Waals surface area contributed by atoms with Gasteiger partial charge in [0.05, 0.1) is 12.2 Å². The topological polar surface area (TPSA) is 52.5 Å². The Balaban J connectivity index is 2.28. The van der Waals surface area contributed by atoms with E-state index in [0.717, 1.165) is 6.54 Å². The van der Waals surface area contributed by atoms with Crippen LogP contribution in [0.2, 0.25) is 0 Å². The van der Waals surface area contributed by atoms with Crippen LogP contribution in [0.3, 0.4) is 0 Å². The Kier molecular flexibility index (Phi) is 1.83. The van der Waals surface area contributed by atoms with Crippen LogP contribution in [0, 0.1) is 0 Å². The van der Waals surface area contributed by atoms with Crippen molar-refractivity contribution in [1.82, 2.24) is 5.32 Å². The van der Waals surface area contributed by atoms with Gasteiger partial charge in [0, 0.05) is 6.54 Å². The van der Waals surface area contributed by atoms with Crippen LogP contribution < -0.4 is 5.32 Å². The maximum absolute atomic E-state index is 8.89. The van der Waals surface area contributed by atoms with Crippen molar-refractivity contribution in [2.45, 2.75) is 18.6 Å². The van der Waals surface area contributed by atoms with Crippen molar-refractivity contribution in [3.8, 4) is 0 Å². The summed E-state index contributed by atoms with van der Waals surface area (Å²) in [7, 11) is 0. The van der Waals surface area contributed by atoms with Gasteiger partial charge in [-0.1, -0.05) is 0 Å². The first-order valence-corrected chi connectivity index (χ1v) is 2.87. The summed E-state index contributed by atoms with van der Waals surface area (Å²) < 4.78 is 0. The number of piperidine rings is 1. The van der Waals surface area contributed by atoms with Crippen LogP contribution >= 0.6 is 0 Å². The first kappa shape index (κ1) is 6.01. The Labute approximate surface area is 48.3 Å². The molecule has 0 bridgehead atoms. The first-order valence-electron chi connectivity index (χ1n) is 2.87. The van der Waals surface area contributed by atoms with Crippen LogP contribution in [0.5, 0.6) is 0 Å². The van der Waals surface area contributed by atoms with Gasteiger partial charge < -0.3 is 15.5 Å². The van der Waals surface area contributed by atoms with Crippen molar-refractivity contribution in [3.05, 3.63) is 0 Å². The molecule has 1 rings (SSSR count). The zero-order chi connectivity index (χ0) is 5.98. The van der Waals surface area contributed by atoms with E-state index in [9.17, 15) is 0 Å². The minimum absolute atomic E-state index is 0.503. The molecular weight excluding hydrogens is 106 g/mol. The zero-order valence-electron chi connectivity index (χ0n) is 4.67. The predicted molar refractivity (Wildman–Crippen MR) is 29.5 cm³/mol. The molecule has 1 aliphatic rings. The lowest BCUT2D eigenvalue weighted by molar-refractivity contribution is 0.000433. The standard InChI is InChI=1S/C5H11NO2/c7-4-1-2-6-3-5(4)8/h4-8H,1-3H2/t4-,5-/m0/s1. The Hall–Kier alpha value is -0.120. The molecule has 1 fully saturated rings. The lowest BCUT2D eigenvalue weighted by Gasteiger charge is -2.23. The van der Waals surface area contributed by atoms with Gasteiger partial charge in [0.15, 0.2) is 0 Å². The van der Waals surface area contributed by atoms with Gasteiger partial charge in [-0.2, -0.15) is 0 Å². The van der Waals surface area contributed by atoms with Crippen molar-refractivity contribution < 1.29 is 10.2 Å². The molecule has 0 aromatic carbocycles. The number of hydrogen-bond donors (Lipinski definition) is 3. The van der Waals surface area contributed by atoms with Gasteiger partial charge in [-0.25, -0.2) is 0 Å². The minimum Gasteiger partial charge on any atom is -0.390 e. The van der Waals surface area contributed by atoms with Crippen molar-refractivity contribution in [3.63, 3.8) is 0 Å². The van der Waals surface area contributed by atoms with Gasteiger partial charge in [-0.15, -0.1) is 0 Å². The Morgan fingerprint density at radius 3 is 2.38 bits per heavy atom. The first-order chi connectivity index (χ1) is 3.80. The molecular formula is C5H11NO2. The van der Waals surface area contributed by atoms with E-state index < -0.39 is 12.2 Å². The fraction of sp³-hybridized carbons (Fsp3) is 1.00. The summed E-state index contributed by atoms with van der Waals surface area (Å²) in [6.07, 6.45) is -0.388. The molecule has 8 heavy (non-hydrogen) atoms. The molecule has 2 atom stereocenters. The number of β-amino-alcohol motifs (C(OH)–C–C–N with tert-alkyl or cyclic N) is 1. The fourth-order valence-corrected chi connectivity index (χ4v) is 0.828. The normalized spacial score (nSPS) is 39.8. The molecule has 0 saturated carbocycles. The average Bonchev–Trinajstić information content (AvgIpc) is 1.77. The molecule has 3 heteroatoms. The number of aliphatic hydroxyl groups is 2. The van der Waals surface area contributed by atoms with Crippen molar-refractivity contribution in [2.75, 3.05) is 13.1 Å². The third-order valence-corrected chi connectivity index (χ3v) is 1.41. The SMILES string of the molecule is O[C@H]1CCNC[C@@H]1O. The molecule has 0 aromatic heterocycles. The maximum Gasteiger partial charge on any atom is 0.0923 e. The number of nitrogens with one attached hydrogen (secondary N) is 1. The highest BCUT2D eigenvalue weighted by molar-refractivity contribution is 4.75. The molecule has 0 radical (unpaired) electrons. The van der Waals surface area contributed by atoms with Gasteiger partial charge in [0.2, 0.25) is 0 Å². The van der Waals surface area contributed by atoms with Gasteiger partial charge in [0.1, 0.15) is 0 Å². The monoisotopic (exact) mass is 117 g/mol. The average molecular weight is 117 g/mol. The quantitative estimate of drug-likeness (QED) is 0.369. The third-order valence-electron chi connectivity index (χ3n) is 1.41. The van der Waals surface area contributed by atoms with Gasteiger partial charge >= 0.3 is 0 Å². The maximum atomic E-state index is 8.89. The van der Waals surface area contributed by atoms with E-state index in [4.69, 9.17) is 10.2 Å². The number of rotatable bonds is 0. The Bertz CT molecular complexity index is 66.8. The smallest absolute Gasteiger partial charge is 0.0923 e. The highest BCUT2D eigenvalue weighted by Crippen LogP contribution is 2.01. The van der Waals surface area contributed by atoms with Crippen LogP contribution in [0.25, 0.3) is 0 Å². The van der Waals surface area contributed by atoms with E-state index in [1.807, 2.05) is 0 Å². The molecule has 0 unspecified atom stereocenters. The highest BCUT2D eigenvalue weighted by atomic mass is 16.3. The second-order valence-corrected chi connectivity index (χ2v) is 2.13. The van der Waals surface area contributed by atoms with E-state index in [0.29, 0.717) is 13.0 Å².